The number of nitrogens with two attached hydrogens (primary N) is 1. The van der Waals surface area contributed by atoms with Gasteiger partial charge >= 0.3 is 0 Å². The van der Waals surface area contributed by atoms with E-state index in [0.717, 1.165) is 38.7 Å². The van der Waals surface area contributed by atoms with Crippen molar-refractivity contribution in [3.63, 3.8) is 0 Å². The van der Waals surface area contributed by atoms with Crippen LogP contribution in [0.15, 0.2) is 60.7 Å². The molecule has 0 aliphatic rings. The zero-order valence-corrected chi connectivity index (χ0v) is 15.0. The summed E-state index contributed by atoms with van der Waals surface area (Å²) in [4.78, 5) is 12.0. The van der Waals surface area contributed by atoms with Crippen molar-refractivity contribution in [2.24, 2.45) is 5.73 Å². The number of carbonyl (C=O) groups excluding carboxylic acids is 1. The van der Waals surface area contributed by atoms with Crippen molar-refractivity contribution in [3.05, 3.63) is 77.4 Å². The number of primary amides is 1. The van der Waals surface area contributed by atoms with Crippen LogP contribution in [0.5, 0.6) is 5.75 Å². The second kappa shape index (κ2) is 6.78. The summed E-state index contributed by atoms with van der Waals surface area (Å²) in [6, 6.07) is 19.2. The lowest BCUT2D eigenvalue weighted by Gasteiger charge is -2.12. The van der Waals surface area contributed by atoms with E-state index in [1.807, 2.05) is 54.6 Å². The first-order valence-corrected chi connectivity index (χ1v) is 8.70. The van der Waals surface area contributed by atoms with Gasteiger partial charge in [-0.2, -0.15) is 0 Å². The number of rotatable bonds is 5. The van der Waals surface area contributed by atoms with E-state index in [4.69, 9.17) is 10.5 Å². The number of ether oxygens (including phenoxy) is 1. The van der Waals surface area contributed by atoms with Gasteiger partial charge in [-0.15, -0.1) is 0 Å². The van der Waals surface area contributed by atoms with Crippen molar-refractivity contribution in [1.29, 1.82) is 0 Å². The van der Waals surface area contributed by atoms with Crippen molar-refractivity contribution < 1.29 is 14.6 Å². The maximum atomic E-state index is 12.0. The number of nitrogens with zero attached hydrogens (tertiary/aromatic N) is 1. The molecule has 27 heavy (non-hydrogen) atoms. The molecule has 4 aromatic rings. The van der Waals surface area contributed by atoms with Crippen molar-refractivity contribution in [2.45, 2.75) is 13.2 Å². The summed E-state index contributed by atoms with van der Waals surface area (Å²) >= 11 is 0. The third-order valence-electron chi connectivity index (χ3n) is 4.92. The number of hydrogen-bond donors (Lipinski definition) is 2. The average Bonchev–Trinajstić information content (AvgIpc) is 3.01. The third kappa shape index (κ3) is 2.82. The molecule has 0 atom stereocenters. The number of aromatic nitrogens is 1. The van der Waals surface area contributed by atoms with Gasteiger partial charge in [0, 0.05) is 27.4 Å². The van der Waals surface area contributed by atoms with Gasteiger partial charge in [0.1, 0.15) is 5.75 Å². The van der Waals surface area contributed by atoms with Gasteiger partial charge in [-0.3, -0.25) is 4.79 Å². The standard InChI is InChI=1S/C22H20N2O3/c1-27-20-8-3-2-5-15(20)12-24-18-7-4-6-17(22(23)26)21(18)16-10-9-14(13-25)11-19(16)24/h2-11,25H,12-13H2,1H3,(H2,23,26). The molecule has 0 aliphatic heterocycles. The van der Waals surface area contributed by atoms with Gasteiger partial charge in [0.25, 0.3) is 0 Å². The first-order valence-electron chi connectivity index (χ1n) is 8.70. The Bertz CT molecular complexity index is 1160. The number of aliphatic hydroxyl groups excluding tert-OH is 1. The molecular formula is C22H20N2O3. The number of fused-ring (bicyclic) bond motifs is 3. The lowest BCUT2D eigenvalue weighted by molar-refractivity contribution is 0.100. The first kappa shape index (κ1) is 17.1. The highest BCUT2D eigenvalue weighted by molar-refractivity contribution is 6.18. The fraction of sp³-hybridized carbons (Fsp3) is 0.136. The Morgan fingerprint density at radius 3 is 2.63 bits per heavy atom. The minimum absolute atomic E-state index is 0.0468. The van der Waals surface area contributed by atoms with Crippen molar-refractivity contribution in [2.75, 3.05) is 7.11 Å². The van der Waals surface area contributed by atoms with E-state index in [-0.39, 0.29) is 6.61 Å². The molecule has 136 valence electrons. The fourth-order valence-electron chi connectivity index (χ4n) is 3.67. The van der Waals surface area contributed by atoms with E-state index in [9.17, 15) is 9.90 Å². The van der Waals surface area contributed by atoms with Crippen LogP contribution in [0.4, 0.5) is 0 Å². The highest BCUT2D eigenvalue weighted by Gasteiger charge is 2.17. The average molecular weight is 360 g/mol. The Hall–Kier alpha value is -3.31. The number of hydrogen-bond acceptors (Lipinski definition) is 3. The normalized spacial score (nSPS) is 11.2. The van der Waals surface area contributed by atoms with Crippen LogP contribution in [0.1, 0.15) is 21.5 Å². The van der Waals surface area contributed by atoms with E-state index in [0.29, 0.717) is 12.1 Å². The molecule has 0 radical (unpaired) electrons. The SMILES string of the molecule is COc1ccccc1Cn1c2cc(CO)ccc2c2c(C(N)=O)cccc21. The summed E-state index contributed by atoms with van der Waals surface area (Å²) < 4.78 is 7.63. The van der Waals surface area contributed by atoms with Crippen LogP contribution in [0.3, 0.4) is 0 Å². The Balaban J connectivity index is 2.05. The van der Waals surface area contributed by atoms with Crippen molar-refractivity contribution in [1.82, 2.24) is 4.57 Å². The Kier molecular flexibility index (Phi) is 4.30. The van der Waals surface area contributed by atoms with Crippen LogP contribution < -0.4 is 10.5 Å². The lowest BCUT2D eigenvalue weighted by Crippen LogP contribution is -2.11. The van der Waals surface area contributed by atoms with Crippen LogP contribution in [0, 0.1) is 0 Å². The molecule has 3 N–H and O–H groups in total. The van der Waals surface area contributed by atoms with Crippen LogP contribution in [0.2, 0.25) is 0 Å². The van der Waals surface area contributed by atoms with Gasteiger partial charge in [-0.05, 0) is 29.8 Å². The summed E-state index contributed by atoms with van der Waals surface area (Å²) in [6.45, 7) is 0.524. The van der Waals surface area contributed by atoms with E-state index in [1.54, 1.807) is 13.2 Å². The first-order chi connectivity index (χ1) is 13.1. The van der Waals surface area contributed by atoms with Gasteiger partial charge in [0.05, 0.1) is 25.8 Å². The largest absolute Gasteiger partial charge is 0.496 e. The predicted molar refractivity (Wildman–Crippen MR) is 106 cm³/mol. The van der Waals surface area contributed by atoms with Crippen LogP contribution in [-0.4, -0.2) is 22.7 Å². The topological polar surface area (TPSA) is 77.5 Å². The highest BCUT2D eigenvalue weighted by Crippen LogP contribution is 2.34. The molecule has 0 fully saturated rings. The number of para-hydroxylation sites is 1. The van der Waals surface area contributed by atoms with Crippen LogP contribution in [0.25, 0.3) is 21.8 Å². The minimum atomic E-state index is -0.455. The van der Waals surface area contributed by atoms with Gasteiger partial charge in [-0.25, -0.2) is 0 Å². The molecule has 0 saturated carbocycles. The molecule has 3 aromatic carbocycles. The van der Waals surface area contributed by atoms with Gasteiger partial charge in [-0.1, -0.05) is 36.4 Å². The number of amides is 1. The van der Waals surface area contributed by atoms with Crippen molar-refractivity contribution in [3.8, 4) is 5.75 Å². The van der Waals surface area contributed by atoms with Crippen LogP contribution >= 0.6 is 0 Å². The molecule has 4 rings (SSSR count). The molecule has 0 unspecified atom stereocenters. The molecule has 1 aromatic heterocycles. The number of benzene rings is 3. The second-order valence-corrected chi connectivity index (χ2v) is 6.47. The predicted octanol–water partition coefficient (Wildman–Crippen LogP) is 3.44. The fourth-order valence-corrected chi connectivity index (χ4v) is 3.67. The summed E-state index contributed by atoms with van der Waals surface area (Å²) in [5.74, 6) is 0.347. The van der Waals surface area contributed by atoms with Gasteiger partial charge in [0.2, 0.25) is 5.91 Å². The Morgan fingerprint density at radius 1 is 1.07 bits per heavy atom. The van der Waals surface area contributed by atoms with Gasteiger partial charge < -0.3 is 20.1 Å². The smallest absolute Gasteiger partial charge is 0.249 e. The molecule has 1 amide bonds. The molecule has 0 spiro atoms. The van der Waals surface area contributed by atoms with E-state index >= 15 is 0 Å². The zero-order valence-electron chi connectivity index (χ0n) is 15.0. The summed E-state index contributed by atoms with van der Waals surface area (Å²) in [6.07, 6.45) is 0. The minimum Gasteiger partial charge on any atom is -0.496 e. The summed E-state index contributed by atoms with van der Waals surface area (Å²) in [5.41, 5.74) is 9.82. The molecular weight excluding hydrogens is 340 g/mol. The van der Waals surface area contributed by atoms with Crippen LogP contribution in [-0.2, 0) is 13.2 Å². The maximum Gasteiger partial charge on any atom is 0.249 e. The van der Waals surface area contributed by atoms with E-state index in [1.165, 1.54) is 0 Å². The van der Waals surface area contributed by atoms with Gasteiger partial charge in [0.15, 0.2) is 0 Å². The molecule has 1 heterocycles. The monoisotopic (exact) mass is 360 g/mol. The van der Waals surface area contributed by atoms with Crippen molar-refractivity contribution >= 4 is 27.7 Å². The maximum absolute atomic E-state index is 12.0. The number of carbonyl (C=O) groups is 1. The summed E-state index contributed by atoms with van der Waals surface area (Å²) in [7, 11) is 1.65. The summed E-state index contributed by atoms with van der Waals surface area (Å²) in [5, 5.41) is 11.3. The van der Waals surface area contributed by atoms with E-state index in [2.05, 4.69) is 4.57 Å². The highest BCUT2D eigenvalue weighted by atomic mass is 16.5. The molecule has 0 aliphatic carbocycles. The molecule has 0 bridgehead atoms. The quantitative estimate of drug-likeness (QED) is 0.572. The lowest BCUT2D eigenvalue weighted by atomic mass is 10.0. The Labute approximate surface area is 156 Å². The second-order valence-electron chi connectivity index (χ2n) is 6.47. The Morgan fingerprint density at radius 2 is 1.89 bits per heavy atom. The third-order valence-corrected chi connectivity index (χ3v) is 4.92. The zero-order chi connectivity index (χ0) is 19.0. The molecule has 5 nitrogen and oxygen atoms in total. The number of aliphatic hydroxyl groups is 1. The number of methoxy groups -OCH3 is 1. The molecule has 0 saturated heterocycles. The van der Waals surface area contributed by atoms with E-state index < -0.39 is 5.91 Å². The molecule has 5 heteroatoms.